The fourth-order valence-corrected chi connectivity index (χ4v) is 2.69. The van der Waals surface area contributed by atoms with Crippen LogP contribution in [0, 0.1) is 6.92 Å². The number of carboxylic acid groups (broad SMARTS) is 1. The van der Waals surface area contributed by atoms with Gasteiger partial charge in [0.2, 0.25) is 6.79 Å². The van der Waals surface area contributed by atoms with Crippen LogP contribution in [0.5, 0.6) is 11.5 Å². The topological polar surface area (TPSA) is 55.8 Å². The lowest BCUT2D eigenvalue weighted by molar-refractivity contribution is -0.147. The molecule has 1 heterocycles. The van der Waals surface area contributed by atoms with Crippen LogP contribution in [0.25, 0.3) is 0 Å². The van der Waals surface area contributed by atoms with Crippen molar-refractivity contribution in [2.45, 2.75) is 31.6 Å². The molecule has 2 aliphatic rings. The summed E-state index contributed by atoms with van der Waals surface area (Å²) in [5.41, 5.74) is 1.14. The second-order valence-corrected chi connectivity index (χ2v) is 4.76. The minimum atomic E-state index is -0.731. The molecule has 4 heteroatoms. The maximum absolute atomic E-state index is 11.5. The summed E-state index contributed by atoms with van der Waals surface area (Å²) in [6.07, 6.45) is 2.39. The van der Waals surface area contributed by atoms with Crippen LogP contribution in [0.1, 0.15) is 30.4 Å². The summed E-state index contributed by atoms with van der Waals surface area (Å²) in [5.74, 6) is 0.648. The van der Waals surface area contributed by atoms with Crippen LogP contribution >= 0.6 is 0 Å². The van der Waals surface area contributed by atoms with Crippen LogP contribution in [0.2, 0.25) is 0 Å². The van der Waals surface area contributed by atoms with Gasteiger partial charge in [0.15, 0.2) is 11.5 Å². The van der Waals surface area contributed by atoms with E-state index in [1.54, 1.807) is 0 Å². The van der Waals surface area contributed by atoms with Gasteiger partial charge in [-0.1, -0.05) is 6.42 Å². The van der Waals surface area contributed by atoms with E-state index in [-0.39, 0.29) is 6.79 Å². The van der Waals surface area contributed by atoms with Crippen molar-refractivity contribution in [2.24, 2.45) is 0 Å². The zero-order valence-electron chi connectivity index (χ0n) is 9.66. The van der Waals surface area contributed by atoms with E-state index < -0.39 is 11.4 Å². The molecule has 4 nitrogen and oxygen atoms in total. The van der Waals surface area contributed by atoms with Gasteiger partial charge in [0, 0.05) is 0 Å². The molecule has 0 saturated heterocycles. The van der Waals surface area contributed by atoms with E-state index in [9.17, 15) is 9.90 Å². The van der Waals surface area contributed by atoms with Gasteiger partial charge < -0.3 is 14.6 Å². The van der Waals surface area contributed by atoms with Crippen molar-refractivity contribution < 1.29 is 19.4 Å². The van der Waals surface area contributed by atoms with Gasteiger partial charge >= 0.3 is 5.97 Å². The summed E-state index contributed by atoms with van der Waals surface area (Å²) in [5, 5.41) is 9.44. The minimum absolute atomic E-state index is 0.221. The molecule has 1 aromatic rings. The Morgan fingerprint density at radius 2 is 1.94 bits per heavy atom. The Kier molecular flexibility index (Phi) is 2.08. The minimum Gasteiger partial charge on any atom is -0.481 e. The van der Waals surface area contributed by atoms with Gasteiger partial charge in [0.05, 0.1) is 5.41 Å². The summed E-state index contributed by atoms with van der Waals surface area (Å²) in [6, 6.07) is 3.71. The largest absolute Gasteiger partial charge is 0.481 e. The number of hydrogen-bond acceptors (Lipinski definition) is 3. The van der Waals surface area contributed by atoms with E-state index in [1.165, 1.54) is 0 Å². The number of rotatable bonds is 2. The number of benzene rings is 1. The molecule has 0 bridgehead atoms. The Balaban J connectivity index is 2.11. The number of carbonyl (C=O) groups is 1. The van der Waals surface area contributed by atoms with Gasteiger partial charge in [0.1, 0.15) is 0 Å². The Morgan fingerprint density at radius 3 is 2.47 bits per heavy atom. The van der Waals surface area contributed by atoms with Crippen LogP contribution in [0.4, 0.5) is 0 Å². The van der Waals surface area contributed by atoms with Crippen LogP contribution in [0.3, 0.4) is 0 Å². The predicted octanol–water partition coefficient (Wildman–Crippen LogP) is 2.23. The lowest BCUT2D eigenvalue weighted by atomic mass is 9.63. The standard InChI is InChI=1S/C13H14O4/c1-8-5-10-11(17-7-16-10)6-9(8)13(12(14)15)3-2-4-13/h5-6H,2-4,7H2,1H3,(H,14,15). The second-order valence-electron chi connectivity index (χ2n) is 4.76. The van der Waals surface area contributed by atoms with Crippen LogP contribution in [0.15, 0.2) is 12.1 Å². The molecule has 1 aliphatic heterocycles. The first-order valence-electron chi connectivity index (χ1n) is 5.78. The van der Waals surface area contributed by atoms with E-state index in [1.807, 2.05) is 19.1 Å². The highest BCUT2D eigenvalue weighted by atomic mass is 16.7. The molecular weight excluding hydrogens is 220 g/mol. The van der Waals surface area contributed by atoms with E-state index >= 15 is 0 Å². The van der Waals surface area contributed by atoms with Gasteiger partial charge in [-0.15, -0.1) is 0 Å². The molecule has 0 radical (unpaired) electrons. The fourth-order valence-electron chi connectivity index (χ4n) is 2.69. The molecule has 0 aromatic heterocycles. The molecule has 0 unspecified atom stereocenters. The summed E-state index contributed by atoms with van der Waals surface area (Å²) in [4.78, 5) is 11.5. The van der Waals surface area contributed by atoms with Crippen molar-refractivity contribution in [3.8, 4) is 11.5 Å². The molecule has 0 spiro atoms. The van der Waals surface area contributed by atoms with Crippen molar-refractivity contribution in [1.82, 2.24) is 0 Å². The maximum atomic E-state index is 11.5. The number of hydrogen-bond donors (Lipinski definition) is 1. The van der Waals surface area contributed by atoms with E-state index in [2.05, 4.69) is 0 Å². The molecule has 3 rings (SSSR count). The predicted molar refractivity (Wildman–Crippen MR) is 60.5 cm³/mol. The van der Waals surface area contributed by atoms with Crippen molar-refractivity contribution in [3.05, 3.63) is 23.3 Å². The first-order valence-corrected chi connectivity index (χ1v) is 5.78. The SMILES string of the molecule is Cc1cc2c(cc1C1(C(=O)O)CCC1)OCO2. The number of ether oxygens (including phenoxy) is 2. The summed E-state index contributed by atoms with van der Waals surface area (Å²) < 4.78 is 10.6. The first kappa shape index (κ1) is 10.4. The molecule has 90 valence electrons. The molecule has 1 N–H and O–H groups in total. The van der Waals surface area contributed by atoms with Crippen molar-refractivity contribution in [1.29, 1.82) is 0 Å². The molecule has 0 atom stereocenters. The van der Waals surface area contributed by atoms with Gasteiger partial charge in [-0.2, -0.15) is 0 Å². The monoisotopic (exact) mass is 234 g/mol. The molecular formula is C13H14O4. The Bertz CT molecular complexity index is 488. The third-order valence-corrected chi connectivity index (χ3v) is 3.85. The number of carboxylic acids is 1. The van der Waals surface area contributed by atoms with Gasteiger partial charge in [-0.3, -0.25) is 4.79 Å². The molecule has 1 aromatic carbocycles. The summed E-state index contributed by atoms with van der Waals surface area (Å²) >= 11 is 0. The Labute approximate surface area is 99.2 Å². The van der Waals surface area contributed by atoms with Crippen molar-refractivity contribution in [3.63, 3.8) is 0 Å². The average Bonchev–Trinajstić information content (AvgIpc) is 2.62. The highest BCUT2D eigenvalue weighted by molar-refractivity contribution is 5.83. The number of aliphatic carboxylic acids is 1. The van der Waals surface area contributed by atoms with Gasteiger partial charge in [0.25, 0.3) is 0 Å². The summed E-state index contributed by atoms with van der Waals surface area (Å²) in [7, 11) is 0. The molecule has 0 amide bonds. The molecule has 1 fully saturated rings. The lowest BCUT2D eigenvalue weighted by Crippen LogP contribution is -2.42. The fraction of sp³-hybridized carbons (Fsp3) is 0.462. The quantitative estimate of drug-likeness (QED) is 0.852. The molecule has 17 heavy (non-hydrogen) atoms. The van der Waals surface area contributed by atoms with Gasteiger partial charge in [-0.25, -0.2) is 0 Å². The number of fused-ring (bicyclic) bond motifs is 1. The summed E-state index contributed by atoms with van der Waals surface area (Å²) in [6.45, 7) is 2.15. The van der Waals surface area contributed by atoms with Crippen LogP contribution in [-0.2, 0) is 10.2 Å². The van der Waals surface area contributed by atoms with E-state index in [0.717, 1.165) is 17.5 Å². The highest BCUT2D eigenvalue weighted by Gasteiger charge is 2.47. The smallest absolute Gasteiger partial charge is 0.314 e. The third-order valence-electron chi connectivity index (χ3n) is 3.85. The molecule has 1 saturated carbocycles. The van der Waals surface area contributed by atoms with E-state index in [4.69, 9.17) is 9.47 Å². The van der Waals surface area contributed by atoms with Crippen LogP contribution < -0.4 is 9.47 Å². The Hall–Kier alpha value is -1.71. The highest BCUT2D eigenvalue weighted by Crippen LogP contribution is 2.48. The normalized spacial score (nSPS) is 19.8. The Morgan fingerprint density at radius 1 is 1.29 bits per heavy atom. The lowest BCUT2D eigenvalue weighted by Gasteiger charge is -2.39. The maximum Gasteiger partial charge on any atom is 0.314 e. The van der Waals surface area contributed by atoms with E-state index in [0.29, 0.717) is 24.3 Å². The zero-order chi connectivity index (χ0) is 12.0. The first-order chi connectivity index (χ1) is 8.13. The average molecular weight is 234 g/mol. The van der Waals surface area contributed by atoms with Crippen LogP contribution in [-0.4, -0.2) is 17.9 Å². The van der Waals surface area contributed by atoms with Gasteiger partial charge in [-0.05, 0) is 43.0 Å². The van der Waals surface area contributed by atoms with Crippen molar-refractivity contribution in [2.75, 3.05) is 6.79 Å². The third kappa shape index (κ3) is 1.33. The zero-order valence-corrected chi connectivity index (χ0v) is 9.66. The van der Waals surface area contributed by atoms with Crippen molar-refractivity contribution >= 4 is 5.97 Å². The number of aryl methyl sites for hydroxylation is 1. The second kappa shape index (κ2) is 3.39. The molecule has 1 aliphatic carbocycles.